The average Bonchev–Trinajstić information content (AvgIpc) is 3.22. The Balaban J connectivity index is 1.33. The number of pyridine rings is 1. The van der Waals surface area contributed by atoms with Gasteiger partial charge in [-0.2, -0.15) is 0 Å². The van der Waals surface area contributed by atoms with Crippen LogP contribution in [0.25, 0.3) is 11.3 Å². The lowest BCUT2D eigenvalue weighted by Crippen LogP contribution is -2.42. The fraction of sp³-hybridized carbons (Fsp3) is 0.286. The van der Waals surface area contributed by atoms with E-state index in [0.717, 1.165) is 28.4 Å². The predicted octanol–water partition coefficient (Wildman–Crippen LogP) is 3.03. The Labute approximate surface area is 167 Å². The molecule has 1 saturated heterocycles. The van der Waals surface area contributed by atoms with Crippen molar-refractivity contribution in [2.45, 2.75) is 6.42 Å². The van der Waals surface area contributed by atoms with Gasteiger partial charge in [0.2, 0.25) is 0 Å². The van der Waals surface area contributed by atoms with Gasteiger partial charge < -0.3 is 14.4 Å². The zero-order valence-corrected chi connectivity index (χ0v) is 16.2. The summed E-state index contributed by atoms with van der Waals surface area (Å²) >= 11 is 1.63. The second-order valence-corrected chi connectivity index (χ2v) is 7.37. The Morgan fingerprint density at radius 3 is 2.71 bits per heavy atom. The van der Waals surface area contributed by atoms with Crippen LogP contribution in [0, 0.1) is 0 Å². The SMILES string of the molecule is O=C(COc1ccc(-c2csc(Cc3ccccn3)n2)cc1)N1CCOCC1. The number of ether oxygens (including phenoxy) is 2. The number of morpholine rings is 1. The summed E-state index contributed by atoms with van der Waals surface area (Å²) in [6.45, 7) is 2.49. The summed E-state index contributed by atoms with van der Waals surface area (Å²) in [4.78, 5) is 23.0. The van der Waals surface area contributed by atoms with Crippen LogP contribution in [0.2, 0.25) is 0 Å². The Bertz CT molecular complexity index is 906. The van der Waals surface area contributed by atoms with Gasteiger partial charge in [-0.05, 0) is 36.4 Å². The second-order valence-electron chi connectivity index (χ2n) is 6.43. The monoisotopic (exact) mass is 395 g/mol. The molecule has 2 aromatic heterocycles. The number of hydrogen-bond acceptors (Lipinski definition) is 6. The van der Waals surface area contributed by atoms with Gasteiger partial charge in [-0.25, -0.2) is 4.98 Å². The molecule has 1 amide bonds. The summed E-state index contributed by atoms with van der Waals surface area (Å²) in [6.07, 6.45) is 2.53. The van der Waals surface area contributed by atoms with Crippen LogP contribution in [-0.4, -0.2) is 53.7 Å². The number of hydrogen-bond donors (Lipinski definition) is 0. The zero-order valence-electron chi connectivity index (χ0n) is 15.4. The predicted molar refractivity (Wildman–Crippen MR) is 107 cm³/mol. The van der Waals surface area contributed by atoms with Crippen molar-refractivity contribution in [3.05, 3.63) is 64.7 Å². The minimum Gasteiger partial charge on any atom is -0.484 e. The number of carbonyl (C=O) groups is 1. The van der Waals surface area contributed by atoms with Crippen molar-refractivity contribution in [1.82, 2.24) is 14.9 Å². The summed E-state index contributed by atoms with van der Waals surface area (Å²) in [5, 5.41) is 3.08. The van der Waals surface area contributed by atoms with E-state index in [1.165, 1.54) is 0 Å². The van der Waals surface area contributed by atoms with E-state index in [0.29, 0.717) is 32.1 Å². The van der Waals surface area contributed by atoms with Crippen molar-refractivity contribution < 1.29 is 14.3 Å². The van der Waals surface area contributed by atoms with E-state index < -0.39 is 0 Å². The molecular formula is C21H21N3O3S. The van der Waals surface area contributed by atoms with Crippen LogP contribution in [0.1, 0.15) is 10.7 Å². The summed E-state index contributed by atoms with van der Waals surface area (Å²) in [7, 11) is 0. The number of nitrogens with zero attached hydrogens (tertiary/aromatic N) is 3. The van der Waals surface area contributed by atoms with Gasteiger partial charge in [0.1, 0.15) is 5.75 Å². The minimum absolute atomic E-state index is 0.00830. The number of carbonyl (C=O) groups excluding carboxylic acids is 1. The molecule has 1 aromatic carbocycles. The van der Waals surface area contributed by atoms with Crippen molar-refractivity contribution >= 4 is 17.2 Å². The zero-order chi connectivity index (χ0) is 19.2. The van der Waals surface area contributed by atoms with Crippen LogP contribution in [0.3, 0.4) is 0 Å². The van der Waals surface area contributed by atoms with Crippen molar-refractivity contribution in [3.63, 3.8) is 0 Å². The molecule has 7 heteroatoms. The molecule has 0 atom stereocenters. The molecule has 144 valence electrons. The third-order valence-corrected chi connectivity index (χ3v) is 5.34. The first-order valence-corrected chi connectivity index (χ1v) is 10.1. The standard InChI is InChI=1S/C21H21N3O3S/c25-21(24-9-11-26-12-10-24)14-27-18-6-4-16(5-7-18)19-15-28-20(23-19)13-17-3-1-2-8-22-17/h1-8,15H,9-14H2. The van der Waals surface area contributed by atoms with Crippen LogP contribution in [0.4, 0.5) is 0 Å². The summed E-state index contributed by atoms with van der Waals surface area (Å²) in [6, 6.07) is 13.6. The Morgan fingerprint density at radius 2 is 1.96 bits per heavy atom. The van der Waals surface area contributed by atoms with Crippen LogP contribution in [-0.2, 0) is 16.0 Å². The van der Waals surface area contributed by atoms with E-state index in [1.807, 2.05) is 42.5 Å². The first kappa shape index (κ1) is 18.6. The van der Waals surface area contributed by atoms with Gasteiger partial charge in [0.15, 0.2) is 6.61 Å². The van der Waals surface area contributed by atoms with E-state index in [2.05, 4.69) is 10.4 Å². The maximum Gasteiger partial charge on any atom is 0.260 e. The molecule has 0 aliphatic carbocycles. The van der Waals surface area contributed by atoms with Gasteiger partial charge in [0.25, 0.3) is 5.91 Å². The molecule has 3 aromatic rings. The van der Waals surface area contributed by atoms with Crippen molar-refractivity contribution in [2.24, 2.45) is 0 Å². The highest BCUT2D eigenvalue weighted by Gasteiger charge is 2.17. The van der Waals surface area contributed by atoms with Crippen molar-refractivity contribution in [2.75, 3.05) is 32.9 Å². The van der Waals surface area contributed by atoms with E-state index in [9.17, 15) is 4.79 Å². The first-order valence-electron chi connectivity index (χ1n) is 9.21. The molecule has 0 spiro atoms. The fourth-order valence-electron chi connectivity index (χ4n) is 2.95. The first-order chi connectivity index (χ1) is 13.8. The smallest absolute Gasteiger partial charge is 0.260 e. The number of amides is 1. The van der Waals surface area contributed by atoms with Crippen LogP contribution in [0.5, 0.6) is 5.75 Å². The lowest BCUT2D eigenvalue weighted by atomic mass is 10.2. The third-order valence-electron chi connectivity index (χ3n) is 4.49. The van der Waals surface area contributed by atoms with Gasteiger partial charge >= 0.3 is 0 Å². The van der Waals surface area contributed by atoms with E-state index in [-0.39, 0.29) is 12.5 Å². The van der Waals surface area contributed by atoms with Crippen molar-refractivity contribution in [1.29, 1.82) is 0 Å². The van der Waals surface area contributed by atoms with Crippen LogP contribution < -0.4 is 4.74 Å². The minimum atomic E-state index is -0.00830. The molecule has 0 unspecified atom stereocenters. The van der Waals surface area contributed by atoms with Gasteiger partial charge in [0.05, 0.1) is 23.9 Å². The molecule has 0 bridgehead atoms. The second kappa shape index (κ2) is 8.95. The molecule has 1 fully saturated rings. The summed E-state index contributed by atoms with van der Waals surface area (Å²) in [5.74, 6) is 0.667. The lowest BCUT2D eigenvalue weighted by molar-refractivity contribution is -0.137. The molecule has 6 nitrogen and oxygen atoms in total. The number of rotatable bonds is 6. The highest BCUT2D eigenvalue weighted by Crippen LogP contribution is 2.25. The maximum atomic E-state index is 12.1. The van der Waals surface area contributed by atoms with Gasteiger partial charge in [0, 0.05) is 42.3 Å². The average molecular weight is 395 g/mol. The van der Waals surface area contributed by atoms with Crippen molar-refractivity contribution in [3.8, 4) is 17.0 Å². The van der Waals surface area contributed by atoms with Gasteiger partial charge in [-0.15, -0.1) is 11.3 Å². The Hall–Kier alpha value is -2.77. The number of benzene rings is 1. The molecule has 0 saturated carbocycles. The quantitative estimate of drug-likeness (QED) is 0.642. The largest absolute Gasteiger partial charge is 0.484 e. The normalized spacial score (nSPS) is 14.1. The molecular weight excluding hydrogens is 374 g/mol. The fourth-order valence-corrected chi connectivity index (χ4v) is 3.77. The third kappa shape index (κ3) is 4.74. The van der Waals surface area contributed by atoms with Gasteiger partial charge in [-0.1, -0.05) is 6.07 Å². The number of aromatic nitrogens is 2. The molecule has 28 heavy (non-hydrogen) atoms. The molecule has 0 radical (unpaired) electrons. The molecule has 1 aliphatic rings. The molecule has 3 heterocycles. The van der Waals surface area contributed by atoms with Gasteiger partial charge in [-0.3, -0.25) is 9.78 Å². The Kier molecular flexibility index (Phi) is 5.94. The number of thiazole rings is 1. The molecule has 0 N–H and O–H groups in total. The molecule has 4 rings (SSSR count). The molecule has 1 aliphatic heterocycles. The highest BCUT2D eigenvalue weighted by molar-refractivity contribution is 7.10. The lowest BCUT2D eigenvalue weighted by Gasteiger charge is -2.26. The van der Waals surface area contributed by atoms with Crippen LogP contribution in [0.15, 0.2) is 54.0 Å². The summed E-state index contributed by atoms with van der Waals surface area (Å²) < 4.78 is 10.9. The highest BCUT2D eigenvalue weighted by atomic mass is 32.1. The summed E-state index contributed by atoms with van der Waals surface area (Å²) in [5.41, 5.74) is 2.97. The van der Waals surface area contributed by atoms with E-state index >= 15 is 0 Å². The Morgan fingerprint density at radius 1 is 1.14 bits per heavy atom. The van der Waals surface area contributed by atoms with E-state index in [1.54, 1.807) is 22.4 Å². The van der Waals surface area contributed by atoms with E-state index in [4.69, 9.17) is 14.5 Å². The topological polar surface area (TPSA) is 64.5 Å². The van der Waals surface area contributed by atoms with Crippen LogP contribution >= 0.6 is 11.3 Å². The maximum absolute atomic E-state index is 12.1.